The van der Waals surface area contributed by atoms with Crippen molar-refractivity contribution in [1.82, 2.24) is 15.2 Å². The molecule has 3 aromatic rings. The van der Waals surface area contributed by atoms with Gasteiger partial charge >= 0.3 is 0 Å². The van der Waals surface area contributed by atoms with Crippen LogP contribution in [0.3, 0.4) is 0 Å². The number of benzene rings is 2. The van der Waals surface area contributed by atoms with E-state index in [0.29, 0.717) is 5.95 Å². The van der Waals surface area contributed by atoms with Crippen molar-refractivity contribution in [3.8, 4) is 0 Å². The molecule has 0 saturated heterocycles. The van der Waals surface area contributed by atoms with Gasteiger partial charge in [0.15, 0.2) is 5.82 Å². The van der Waals surface area contributed by atoms with E-state index in [1.54, 1.807) is 6.20 Å². The highest BCUT2D eigenvalue weighted by Gasteiger charge is 2.10. The average Bonchev–Trinajstić information content (AvgIpc) is 2.64. The van der Waals surface area contributed by atoms with Gasteiger partial charge in [0.2, 0.25) is 5.95 Å². The fraction of sp³-hybridized carbons (Fsp3) is 0.250. The van der Waals surface area contributed by atoms with E-state index in [0.717, 1.165) is 30.2 Å². The summed E-state index contributed by atoms with van der Waals surface area (Å²) in [5.41, 5.74) is 4.59. The van der Waals surface area contributed by atoms with E-state index in [1.807, 2.05) is 6.07 Å². The minimum absolute atomic E-state index is 0.512. The Balaban J connectivity index is 1.81. The van der Waals surface area contributed by atoms with Gasteiger partial charge in [-0.3, -0.25) is 0 Å². The highest BCUT2D eigenvalue weighted by Crippen LogP contribution is 2.21. The lowest BCUT2D eigenvalue weighted by Gasteiger charge is -2.22. The van der Waals surface area contributed by atoms with Gasteiger partial charge in [-0.15, -0.1) is 5.10 Å². The molecular formula is C20H23N5. The Kier molecular flexibility index (Phi) is 5.23. The second kappa shape index (κ2) is 7.75. The van der Waals surface area contributed by atoms with Crippen molar-refractivity contribution in [2.75, 3.05) is 16.8 Å². The van der Waals surface area contributed by atoms with Crippen LogP contribution in [0.15, 0.2) is 54.7 Å². The summed E-state index contributed by atoms with van der Waals surface area (Å²) in [6, 6.07) is 16.6. The van der Waals surface area contributed by atoms with Crippen molar-refractivity contribution in [2.24, 2.45) is 0 Å². The average molecular weight is 333 g/mol. The molecule has 1 heterocycles. The molecule has 0 radical (unpaired) electrons. The van der Waals surface area contributed by atoms with Gasteiger partial charge in [-0.05, 0) is 43.5 Å². The van der Waals surface area contributed by atoms with E-state index >= 15 is 0 Å². The number of aromatic nitrogens is 3. The third kappa shape index (κ3) is 4.32. The van der Waals surface area contributed by atoms with Crippen LogP contribution < -0.4 is 10.2 Å². The van der Waals surface area contributed by atoms with Crippen LogP contribution in [0.1, 0.15) is 23.6 Å². The fourth-order valence-corrected chi connectivity index (χ4v) is 2.65. The number of anilines is 3. The maximum absolute atomic E-state index is 4.65. The summed E-state index contributed by atoms with van der Waals surface area (Å²) in [5, 5.41) is 11.5. The standard InChI is InChI=1S/C20H23N5/c1-4-25(14-17-8-6-5-7-9-17)19-13-21-24-20(23-19)22-18-12-15(2)10-11-16(18)3/h5-13H,4,14H2,1-3H3,(H,22,23,24). The first kappa shape index (κ1) is 16.9. The molecule has 0 bridgehead atoms. The highest BCUT2D eigenvalue weighted by atomic mass is 15.3. The third-order valence-corrected chi connectivity index (χ3v) is 4.11. The van der Waals surface area contributed by atoms with Crippen LogP contribution in [0.4, 0.5) is 17.5 Å². The number of hydrogen-bond acceptors (Lipinski definition) is 5. The normalized spacial score (nSPS) is 10.5. The summed E-state index contributed by atoms with van der Waals surface area (Å²) in [6.45, 7) is 7.88. The first-order valence-electron chi connectivity index (χ1n) is 8.48. The predicted molar refractivity (Wildman–Crippen MR) is 102 cm³/mol. The zero-order valence-corrected chi connectivity index (χ0v) is 14.9. The Hall–Kier alpha value is -2.95. The zero-order valence-electron chi connectivity index (χ0n) is 14.9. The third-order valence-electron chi connectivity index (χ3n) is 4.11. The second-order valence-electron chi connectivity index (χ2n) is 6.08. The highest BCUT2D eigenvalue weighted by molar-refractivity contribution is 5.60. The van der Waals surface area contributed by atoms with E-state index in [4.69, 9.17) is 0 Å². The van der Waals surface area contributed by atoms with Crippen LogP contribution in [0.5, 0.6) is 0 Å². The predicted octanol–water partition coefficient (Wildman–Crippen LogP) is 4.26. The molecule has 5 nitrogen and oxygen atoms in total. The summed E-state index contributed by atoms with van der Waals surface area (Å²) in [6.07, 6.45) is 1.71. The zero-order chi connectivity index (χ0) is 17.6. The van der Waals surface area contributed by atoms with Crippen LogP contribution in [0.25, 0.3) is 0 Å². The van der Waals surface area contributed by atoms with Gasteiger partial charge in [0.1, 0.15) is 0 Å². The van der Waals surface area contributed by atoms with E-state index < -0.39 is 0 Å². The SMILES string of the molecule is CCN(Cc1ccccc1)c1cnnc(Nc2cc(C)ccc2C)n1. The Bertz CT molecular complexity index is 832. The molecule has 3 rings (SSSR count). The Morgan fingerprint density at radius 2 is 1.84 bits per heavy atom. The number of nitrogens with one attached hydrogen (secondary N) is 1. The van der Waals surface area contributed by atoms with E-state index in [2.05, 4.69) is 88.6 Å². The Labute approximate surface area is 148 Å². The maximum Gasteiger partial charge on any atom is 0.249 e. The van der Waals surface area contributed by atoms with Crippen molar-refractivity contribution < 1.29 is 0 Å². The molecule has 0 aliphatic rings. The molecule has 0 spiro atoms. The molecule has 128 valence electrons. The number of rotatable bonds is 6. The van der Waals surface area contributed by atoms with Crippen LogP contribution in [-0.2, 0) is 6.54 Å². The summed E-state index contributed by atoms with van der Waals surface area (Å²) in [7, 11) is 0. The molecule has 0 fully saturated rings. The number of nitrogens with zero attached hydrogens (tertiary/aromatic N) is 4. The molecule has 0 aliphatic carbocycles. The molecular weight excluding hydrogens is 310 g/mol. The molecule has 0 atom stereocenters. The summed E-state index contributed by atoms with van der Waals surface area (Å²) >= 11 is 0. The monoisotopic (exact) mass is 333 g/mol. The molecule has 0 aliphatic heterocycles. The Morgan fingerprint density at radius 1 is 1.04 bits per heavy atom. The lowest BCUT2D eigenvalue weighted by molar-refractivity contribution is 0.798. The molecule has 1 N–H and O–H groups in total. The largest absolute Gasteiger partial charge is 0.351 e. The molecule has 0 saturated carbocycles. The second-order valence-corrected chi connectivity index (χ2v) is 6.08. The first-order valence-corrected chi connectivity index (χ1v) is 8.48. The van der Waals surface area contributed by atoms with Gasteiger partial charge in [0.05, 0.1) is 6.20 Å². The smallest absolute Gasteiger partial charge is 0.249 e. The van der Waals surface area contributed by atoms with Crippen LogP contribution >= 0.6 is 0 Å². The van der Waals surface area contributed by atoms with E-state index in [1.165, 1.54) is 11.1 Å². The van der Waals surface area contributed by atoms with Crippen LogP contribution in [-0.4, -0.2) is 21.7 Å². The van der Waals surface area contributed by atoms with Gasteiger partial charge < -0.3 is 10.2 Å². The topological polar surface area (TPSA) is 53.9 Å². The quantitative estimate of drug-likeness (QED) is 0.730. The summed E-state index contributed by atoms with van der Waals surface area (Å²) in [5.74, 6) is 1.33. The fourth-order valence-electron chi connectivity index (χ4n) is 2.65. The molecule has 5 heteroatoms. The van der Waals surface area contributed by atoms with Gasteiger partial charge in [-0.25, -0.2) is 0 Å². The maximum atomic E-state index is 4.65. The van der Waals surface area contributed by atoms with Crippen LogP contribution in [0.2, 0.25) is 0 Å². The molecule has 2 aromatic carbocycles. The lowest BCUT2D eigenvalue weighted by Crippen LogP contribution is -2.23. The molecule has 0 amide bonds. The minimum Gasteiger partial charge on any atom is -0.351 e. The van der Waals surface area contributed by atoms with Crippen molar-refractivity contribution in [3.63, 3.8) is 0 Å². The van der Waals surface area contributed by atoms with Crippen molar-refractivity contribution >= 4 is 17.5 Å². The van der Waals surface area contributed by atoms with Crippen molar-refractivity contribution in [1.29, 1.82) is 0 Å². The summed E-state index contributed by atoms with van der Waals surface area (Å²) in [4.78, 5) is 6.83. The lowest BCUT2D eigenvalue weighted by atomic mass is 10.1. The van der Waals surface area contributed by atoms with E-state index in [-0.39, 0.29) is 0 Å². The first-order chi connectivity index (χ1) is 12.2. The van der Waals surface area contributed by atoms with Gasteiger partial charge in [0.25, 0.3) is 0 Å². The van der Waals surface area contributed by atoms with Gasteiger partial charge in [-0.2, -0.15) is 10.1 Å². The summed E-state index contributed by atoms with van der Waals surface area (Å²) < 4.78 is 0. The van der Waals surface area contributed by atoms with E-state index in [9.17, 15) is 0 Å². The molecule has 25 heavy (non-hydrogen) atoms. The molecule has 0 unspecified atom stereocenters. The van der Waals surface area contributed by atoms with Gasteiger partial charge in [-0.1, -0.05) is 42.5 Å². The minimum atomic E-state index is 0.512. The number of aryl methyl sites for hydroxylation is 2. The number of hydrogen-bond donors (Lipinski definition) is 1. The van der Waals surface area contributed by atoms with Crippen molar-refractivity contribution in [3.05, 3.63) is 71.4 Å². The van der Waals surface area contributed by atoms with Crippen LogP contribution in [0, 0.1) is 13.8 Å². The van der Waals surface area contributed by atoms with Gasteiger partial charge in [0, 0.05) is 18.8 Å². The molecule has 1 aromatic heterocycles. The van der Waals surface area contributed by atoms with Crippen molar-refractivity contribution in [2.45, 2.75) is 27.3 Å². The Morgan fingerprint density at radius 3 is 2.60 bits per heavy atom.